The van der Waals surface area contributed by atoms with Gasteiger partial charge in [-0.05, 0) is 24.1 Å². The molecule has 1 aromatic rings. The van der Waals surface area contributed by atoms with Crippen LogP contribution in [0.15, 0.2) is 29.4 Å². The standard InChI is InChI=1S/C14H19N3O3/c1-20-17-11-8-13(16-9-11)14(19)15-6-5-10-3-2-4-12(18)7-10/h2-4,7,13,16,18H,5-6,8-9H2,1H3,(H,15,19). The first-order valence-electron chi connectivity index (χ1n) is 6.57. The number of phenolic OH excluding ortho intramolecular Hbond substituents is 1. The number of nitrogens with zero attached hydrogens (tertiary/aromatic N) is 1. The third-order valence-corrected chi connectivity index (χ3v) is 3.15. The fraction of sp³-hybridized carbons (Fsp3) is 0.429. The third kappa shape index (κ3) is 3.96. The molecular weight excluding hydrogens is 258 g/mol. The lowest BCUT2D eigenvalue weighted by molar-refractivity contribution is -0.122. The molecule has 0 aromatic heterocycles. The van der Waals surface area contributed by atoms with E-state index in [4.69, 9.17) is 4.84 Å². The minimum absolute atomic E-state index is 0.0357. The van der Waals surface area contributed by atoms with Gasteiger partial charge in [-0.25, -0.2) is 0 Å². The molecule has 2 rings (SSSR count). The summed E-state index contributed by atoms with van der Waals surface area (Å²) in [5, 5.41) is 19.2. The second-order valence-corrected chi connectivity index (χ2v) is 4.69. The monoisotopic (exact) mass is 277 g/mol. The van der Waals surface area contributed by atoms with Crippen molar-refractivity contribution in [1.82, 2.24) is 10.6 Å². The molecular formula is C14H19N3O3. The molecule has 3 N–H and O–H groups in total. The van der Waals surface area contributed by atoms with E-state index in [1.807, 2.05) is 6.07 Å². The maximum Gasteiger partial charge on any atom is 0.237 e. The molecule has 108 valence electrons. The summed E-state index contributed by atoms with van der Waals surface area (Å²) in [4.78, 5) is 16.6. The fourth-order valence-electron chi connectivity index (χ4n) is 2.17. The highest BCUT2D eigenvalue weighted by atomic mass is 16.6. The van der Waals surface area contributed by atoms with Gasteiger partial charge in [-0.3, -0.25) is 4.79 Å². The average Bonchev–Trinajstić information content (AvgIpc) is 2.88. The molecule has 1 heterocycles. The molecule has 1 unspecified atom stereocenters. The van der Waals surface area contributed by atoms with E-state index in [0.29, 0.717) is 25.9 Å². The van der Waals surface area contributed by atoms with Crippen molar-refractivity contribution < 1.29 is 14.7 Å². The van der Waals surface area contributed by atoms with Gasteiger partial charge in [0.1, 0.15) is 12.9 Å². The van der Waals surface area contributed by atoms with Gasteiger partial charge >= 0.3 is 0 Å². The number of hydrogen-bond acceptors (Lipinski definition) is 5. The van der Waals surface area contributed by atoms with Crippen LogP contribution in [0.3, 0.4) is 0 Å². The van der Waals surface area contributed by atoms with Gasteiger partial charge < -0.3 is 20.6 Å². The van der Waals surface area contributed by atoms with Crippen molar-refractivity contribution in [3.63, 3.8) is 0 Å². The SMILES string of the molecule is CON=C1CNC(C(=O)NCCc2cccc(O)c2)C1. The smallest absolute Gasteiger partial charge is 0.237 e. The predicted octanol–water partition coefficient (Wildman–Crippen LogP) is 0.415. The zero-order valence-corrected chi connectivity index (χ0v) is 11.4. The van der Waals surface area contributed by atoms with Crippen molar-refractivity contribution in [1.29, 1.82) is 0 Å². The summed E-state index contributed by atoms with van der Waals surface area (Å²) >= 11 is 0. The van der Waals surface area contributed by atoms with E-state index < -0.39 is 0 Å². The summed E-state index contributed by atoms with van der Waals surface area (Å²) in [6.45, 7) is 1.12. The number of phenols is 1. The number of benzene rings is 1. The van der Waals surface area contributed by atoms with Crippen molar-refractivity contribution in [2.75, 3.05) is 20.2 Å². The lowest BCUT2D eigenvalue weighted by Gasteiger charge is -2.10. The minimum Gasteiger partial charge on any atom is -0.508 e. The maximum absolute atomic E-state index is 11.9. The zero-order valence-electron chi connectivity index (χ0n) is 11.4. The van der Waals surface area contributed by atoms with E-state index in [0.717, 1.165) is 11.3 Å². The van der Waals surface area contributed by atoms with E-state index in [-0.39, 0.29) is 17.7 Å². The molecule has 0 spiro atoms. The maximum atomic E-state index is 11.9. The Hall–Kier alpha value is -2.08. The molecule has 20 heavy (non-hydrogen) atoms. The van der Waals surface area contributed by atoms with Crippen LogP contribution in [0.2, 0.25) is 0 Å². The van der Waals surface area contributed by atoms with Crippen molar-refractivity contribution in [3.05, 3.63) is 29.8 Å². The van der Waals surface area contributed by atoms with Crippen molar-refractivity contribution in [2.45, 2.75) is 18.9 Å². The molecule has 6 nitrogen and oxygen atoms in total. The molecule has 0 aliphatic carbocycles. The van der Waals surface area contributed by atoms with Gasteiger partial charge in [0.15, 0.2) is 0 Å². The Morgan fingerprint density at radius 1 is 1.60 bits per heavy atom. The molecule has 0 saturated carbocycles. The van der Waals surface area contributed by atoms with Crippen molar-refractivity contribution in [2.24, 2.45) is 5.16 Å². The first-order chi connectivity index (χ1) is 9.69. The lowest BCUT2D eigenvalue weighted by Crippen LogP contribution is -2.41. The van der Waals surface area contributed by atoms with E-state index in [1.54, 1.807) is 18.2 Å². The Bertz CT molecular complexity index is 502. The highest BCUT2D eigenvalue weighted by molar-refractivity contribution is 5.96. The van der Waals surface area contributed by atoms with Gasteiger partial charge in [-0.1, -0.05) is 17.3 Å². The van der Waals surface area contributed by atoms with Gasteiger partial charge in [0.25, 0.3) is 0 Å². The van der Waals surface area contributed by atoms with E-state index >= 15 is 0 Å². The van der Waals surface area contributed by atoms with Crippen LogP contribution in [0.4, 0.5) is 0 Å². The fourth-order valence-corrected chi connectivity index (χ4v) is 2.17. The van der Waals surface area contributed by atoms with Crippen LogP contribution in [-0.4, -0.2) is 43.0 Å². The first-order valence-corrected chi connectivity index (χ1v) is 6.57. The first kappa shape index (κ1) is 14.3. The minimum atomic E-state index is -0.243. The summed E-state index contributed by atoms with van der Waals surface area (Å²) in [5.41, 5.74) is 1.84. The Morgan fingerprint density at radius 3 is 3.20 bits per heavy atom. The van der Waals surface area contributed by atoms with Crippen LogP contribution in [0, 0.1) is 0 Å². The number of oxime groups is 1. The van der Waals surface area contributed by atoms with Crippen LogP contribution in [0.1, 0.15) is 12.0 Å². The summed E-state index contributed by atoms with van der Waals surface area (Å²) in [6, 6.07) is 6.79. The summed E-state index contributed by atoms with van der Waals surface area (Å²) in [6.07, 6.45) is 1.26. The Kier molecular flexibility index (Phi) is 4.95. The van der Waals surface area contributed by atoms with Crippen LogP contribution in [0.5, 0.6) is 5.75 Å². The highest BCUT2D eigenvalue weighted by Crippen LogP contribution is 2.11. The molecule has 0 bridgehead atoms. The van der Waals surface area contributed by atoms with Gasteiger partial charge in [-0.15, -0.1) is 0 Å². The second kappa shape index (κ2) is 6.91. The predicted molar refractivity (Wildman–Crippen MR) is 75.7 cm³/mol. The van der Waals surface area contributed by atoms with Crippen LogP contribution in [0.25, 0.3) is 0 Å². The normalized spacial score (nSPS) is 20.1. The Balaban J connectivity index is 1.75. The van der Waals surface area contributed by atoms with E-state index in [9.17, 15) is 9.90 Å². The molecule has 6 heteroatoms. The number of aromatic hydroxyl groups is 1. The van der Waals surface area contributed by atoms with Gasteiger partial charge in [0.2, 0.25) is 5.91 Å². The molecule has 1 saturated heterocycles. The zero-order chi connectivity index (χ0) is 14.4. The second-order valence-electron chi connectivity index (χ2n) is 4.69. The molecule has 1 amide bonds. The number of carbonyl (C=O) groups excluding carboxylic acids is 1. The molecule has 1 aliphatic rings. The lowest BCUT2D eigenvalue weighted by atomic mass is 10.1. The topological polar surface area (TPSA) is 83.0 Å². The summed E-state index contributed by atoms with van der Waals surface area (Å²) in [7, 11) is 1.50. The van der Waals surface area contributed by atoms with E-state index in [1.165, 1.54) is 7.11 Å². The third-order valence-electron chi connectivity index (χ3n) is 3.15. The van der Waals surface area contributed by atoms with Crippen molar-refractivity contribution in [3.8, 4) is 5.75 Å². The average molecular weight is 277 g/mol. The van der Waals surface area contributed by atoms with Gasteiger partial charge in [-0.2, -0.15) is 0 Å². The molecule has 1 fully saturated rings. The number of amides is 1. The molecule has 1 atom stereocenters. The van der Waals surface area contributed by atoms with Crippen LogP contribution < -0.4 is 10.6 Å². The summed E-state index contributed by atoms with van der Waals surface area (Å²) in [5.74, 6) is 0.207. The number of nitrogens with one attached hydrogen (secondary N) is 2. The van der Waals surface area contributed by atoms with E-state index in [2.05, 4.69) is 15.8 Å². The molecule has 1 aromatic carbocycles. The number of rotatable bonds is 5. The highest BCUT2D eigenvalue weighted by Gasteiger charge is 2.26. The van der Waals surface area contributed by atoms with Gasteiger partial charge in [0.05, 0.1) is 11.8 Å². The number of hydrogen-bond donors (Lipinski definition) is 3. The number of carbonyl (C=O) groups is 1. The largest absolute Gasteiger partial charge is 0.508 e. The van der Waals surface area contributed by atoms with Crippen molar-refractivity contribution >= 4 is 11.6 Å². The quantitative estimate of drug-likeness (QED) is 0.681. The summed E-state index contributed by atoms with van der Waals surface area (Å²) < 4.78 is 0. The van der Waals surface area contributed by atoms with Crippen LogP contribution in [-0.2, 0) is 16.1 Å². The molecule has 0 radical (unpaired) electrons. The molecule has 1 aliphatic heterocycles. The Morgan fingerprint density at radius 2 is 2.45 bits per heavy atom. The van der Waals surface area contributed by atoms with Gasteiger partial charge in [0, 0.05) is 19.5 Å². The van der Waals surface area contributed by atoms with Crippen LogP contribution >= 0.6 is 0 Å². The Labute approximate surface area is 117 Å².